The van der Waals surface area contributed by atoms with Crippen LogP contribution >= 0.6 is 15.9 Å². The molecule has 2 aliphatic rings. The Morgan fingerprint density at radius 2 is 2.00 bits per heavy atom. The zero-order valence-corrected chi connectivity index (χ0v) is 11.6. The molecule has 1 saturated carbocycles. The zero-order chi connectivity index (χ0) is 13.4. The van der Waals surface area contributed by atoms with Gasteiger partial charge in [0.25, 0.3) is 5.69 Å². The second-order valence-corrected chi connectivity index (χ2v) is 5.34. The molecule has 102 valence electrons. The van der Waals surface area contributed by atoms with Crippen molar-refractivity contribution in [2.45, 2.75) is 25.2 Å². The van der Waals surface area contributed by atoms with E-state index in [9.17, 15) is 10.1 Å². The van der Waals surface area contributed by atoms with E-state index in [1.807, 2.05) is 0 Å². The van der Waals surface area contributed by atoms with Crippen LogP contribution in [0.15, 0.2) is 16.6 Å². The molecule has 0 amide bonds. The van der Waals surface area contributed by atoms with Crippen LogP contribution < -0.4 is 4.74 Å². The monoisotopic (exact) mass is 329 g/mol. The quantitative estimate of drug-likeness (QED) is 0.627. The van der Waals surface area contributed by atoms with E-state index in [2.05, 4.69) is 15.9 Å². The first-order valence-electron chi connectivity index (χ1n) is 6.03. The minimum atomic E-state index is -0.674. The van der Waals surface area contributed by atoms with Crippen molar-refractivity contribution in [3.8, 4) is 5.75 Å². The first-order chi connectivity index (χ1) is 9.15. The lowest BCUT2D eigenvalue weighted by molar-refractivity contribution is -0.386. The van der Waals surface area contributed by atoms with Crippen LogP contribution in [-0.2, 0) is 9.47 Å². The highest BCUT2D eigenvalue weighted by Crippen LogP contribution is 2.40. The SMILES string of the molecule is O=[N+]([O-])c1cc(OC2CC2)c(Br)cc1C1OCCO1. The number of benzene rings is 1. The number of rotatable bonds is 4. The van der Waals surface area contributed by atoms with Gasteiger partial charge in [-0.05, 0) is 34.8 Å². The Bertz CT molecular complexity index is 511. The van der Waals surface area contributed by atoms with Crippen molar-refractivity contribution in [1.29, 1.82) is 0 Å². The van der Waals surface area contributed by atoms with Gasteiger partial charge < -0.3 is 14.2 Å². The third-order valence-corrected chi connectivity index (χ3v) is 3.59. The van der Waals surface area contributed by atoms with Crippen molar-refractivity contribution in [3.63, 3.8) is 0 Å². The van der Waals surface area contributed by atoms with Gasteiger partial charge in [0.15, 0.2) is 6.29 Å². The average molecular weight is 330 g/mol. The summed E-state index contributed by atoms with van der Waals surface area (Å²) in [7, 11) is 0. The van der Waals surface area contributed by atoms with Gasteiger partial charge in [-0.25, -0.2) is 0 Å². The Morgan fingerprint density at radius 1 is 1.32 bits per heavy atom. The summed E-state index contributed by atoms with van der Waals surface area (Å²) in [5, 5.41) is 11.2. The van der Waals surface area contributed by atoms with Crippen molar-refractivity contribution in [2.24, 2.45) is 0 Å². The van der Waals surface area contributed by atoms with Gasteiger partial charge >= 0.3 is 0 Å². The summed E-state index contributed by atoms with van der Waals surface area (Å²) in [6.07, 6.45) is 1.50. The van der Waals surface area contributed by atoms with Crippen molar-refractivity contribution < 1.29 is 19.1 Å². The third kappa shape index (κ3) is 2.72. The number of nitrogens with zero attached hydrogens (tertiary/aromatic N) is 1. The first-order valence-corrected chi connectivity index (χ1v) is 6.82. The third-order valence-electron chi connectivity index (χ3n) is 2.97. The molecule has 0 unspecified atom stereocenters. The highest BCUT2D eigenvalue weighted by Gasteiger charge is 2.31. The smallest absolute Gasteiger partial charge is 0.281 e. The molecule has 0 N–H and O–H groups in total. The molecule has 0 spiro atoms. The van der Waals surface area contributed by atoms with Crippen LogP contribution in [0.2, 0.25) is 0 Å². The molecule has 0 aromatic heterocycles. The average Bonchev–Trinajstić information content (AvgIpc) is 3.02. The van der Waals surface area contributed by atoms with E-state index in [0.717, 1.165) is 12.8 Å². The predicted molar refractivity (Wildman–Crippen MR) is 69.1 cm³/mol. The Balaban J connectivity index is 1.97. The van der Waals surface area contributed by atoms with Gasteiger partial charge in [-0.3, -0.25) is 10.1 Å². The zero-order valence-electron chi connectivity index (χ0n) is 10.0. The lowest BCUT2D eigenvalue weighted by Gasteiger charge is -2.13. The predicted octanol–water partition coefficient (Wildman–Crippen LogP) is 2.94. The van der Waals surface area contributed by atoms with Crippen LogP contribution in [0.25, 0.3) is 0 Å². The van der Waals surface area contributed by atoms with Gasteiger partial charge in [-0.1, -0.05) is 0 Å². The summed E-state index contributed by atoms with van der Waals surface area (Å²) in [6.45, 7) is 0.888. The number of halogens is 1. The summed E-state index contributed by atoms with van der Waals surface area (Å²) in [6, 6.07) is 3.08. The maximum Gasteiger partial charge on any atom is 0.281 e. The highest BCUT2D eigenvalue weighted by atomic mass is 79.9. The molecule has 7 heteroatoms. The van der Waals surface area contributed by atoms with Gasteiger partial charge in [0.2, 0.25) is 0 Å². The molecule has 0 atom stereocenters. The molecule has 2 fully saturated rings. The van der Waals surface area contributed by atoms with E-state index < -0.39 is 11.2 Å². The summed E-state index contributed by atoms with van der Waals surface area (Å²) >= 11 is 3.38. The number of hydrogen-bond acceptors (Lipinski definition) is 5. The van der Waals surface area contributed by atoms with Crippen LogP contribution in [0.1, 0.15) is 24.7 Å². The largest absolute Gasteiger partial charge is 0.489 e. The van der Waals surface area contributed by atoms with Gasteiger partial charge in [0.05, 0.1) is 40.3 Å². The standard InChI is InChI=1S/C12H12BrNO5/c13-9-5-8(12-17-3-4-18-12)10(14(15)16)6-11(9)19-7-1-2-7/h5-7,12H,1-4H2. The first kappa shape index (κ1) is 12.8. The fourth-order valence-corrected chi connectivity index (χ4v) is 2.35. The number of nitro groups is 1. The molecule has 19 heavy (non-hydrogen) atoms. The molecule has 0 radical (unpaired) electrons. The van der Waals surface area contributed by atoms with E-state index >= 15 is 0 Å². The maximum absolute atomic E-state index is 11.2. The minimum Gasteiger partial charge on any atom is -0.489 e. The minimum absolute atomic E-state index is 0.0363. The van der Waals surface area contributed by atoms with E-state index in [0.29, 0.717) is 29.0 Å². The number of nitro benzene ring substituents is 1. The van der Waals surface area contributed by atoms with Gasteiger partial charge in [0.1, 0.15) is 5.75 Å². The van der Waals surface area contributed by atoms with Gasteiger partial charge in [-0.2, -0.15) is 0 Å². The van der Waals surface area contributed by atoms with E-state index in [-0.39, 0.29) is 11.8 Å². The van der Waals surface area contributed by atoms with E-state index in [4.69, 9.17) is 14.2 Å². The van der Waals surface area contributed by atoms with Gasteiger partial charge in [-0.15, -0.1) is 0 Å². The molecular formula is C12H12BrNO5. The molecule has 1 aromatic carbocycles. The fraction of sp³-hybridized carbons (Fsp3) is 0.500. The molecule has 1 heterocycles. The van der Waals surface area contributed by atoms with Gasteiger partial charge in [0, 0.05) is 0 Å². The number of hydrogen-bond donors (Lipinski definition) is 0. The van der Waals surface area contributed by atoms with Crippen LogP contribution in [0.3, 0.4) is 0 Å². The van der Waals surface area contributed by atoms with Crippen molar-refractivity contribution in [2.75, 3.05) is 13.2 Å². The Hall–Kier alpha value is -1.18. The Morgan fingerprint density at radius 3 is 2.58 bits per heavy atom. The fourth-order valence-electron chi connectivity index (χ4n) is 1.90. The summed E-state index contributed by atoms with van der Waals surface area (Å²) in [4.78, 5) is 10.7. The van der Waals surface area contributed by atoms with Crippen molar-refractivity contribution in [1.82, 2.24) is 0 Å². The molecule has 3 rings (SSSR count). The Labute approximate surface area is 117 Å². The maximum atomic E-state index is 11.2. The summed E-state index contributed by atoms with van der Waals surface area (Å²) in [5.41, 5.74) is 0.378. The van der Waals surface area contributed by atoms with Crippen LogP contribution in [0, 0.1) is 10.1 Å². The van der Waals surface area contributed by atoms with Crippen LogP contribution in [-0.4, -0.2) is 24.2 Å². The number of ether oxygens (including phenoxy) is 3. The molecule has 1 aliphatic carbocycles. The summed E-state index contributed by atoms with van der Waals surface area (Å²) < 4.78 is 17.0. The normalized spacial score (nSPS) is 19.6. The lowest BCUT2D eigenvalue weighted by atomic mass is 10.1. The molecule has 6 nitrogen and oxygen atoms in total. The summed E-state index contributed by atoms with van der Waals surface area (Å²) in [5.74, 6) is 0.496. The van der Waals surface area contributed by atoms with Crippen LogP contribution in [0.4, 0.5) is 5.69 Å². The highest BCUT2D eigenvalue weighted by molar-refractivity contribution is 9.10. The van der Waals surface area contributed by atoms with E-state index in [1.54, 1.807) is 6.07 Å². The molecule has 1 aliphatic heterocycles. The molecule has 1 aromatic rings. The molecule has 1 saturated heterocycles. The molecular weight excluding hydrogens is 318 g/mol. The van der Waals surface area contributed by atoms with Crippen LogP contribution in [0.5, 0.6) is 5.75 Å². The van der Waals surface area contributed by atoms with E-state index in [1.165, 1.54) is 6.07 Å². The van der Waals surface area contributed by atoms with Crippen molar-refractivity contribution in [3.05, 3.63) is 32.3 Å². The lowest BCUT2D eigenvalue weighted by Crippen LogP contribution is -2.05. The Kier molecular flexibility index (Phi) is 3.42. The second-order valence-electron chi connectivity index (χ2n) is 4.49. The second kappa shape index (κ2) is 5.07. The van der Waals surface area contributed by atoms with Crippen molar-refractivity contribution >= 4 is 21.6 Å². The molecule has 0 bridgehead atoms. The topological polar surface area (TPSA) is 70.8 Å².